The van der Waals surface area contributed by atoms with Crippen molar-refractivity contribution in [3.05, 3.63) is 120 Å². The Kier molecular flexibility index (Phi) is 7.96. The van der Waals surface area contributed by atoms with E-state index in [0.717, 1.165) is 40.3 Å². The molecule has 0 unspecified atom stereocenters. The van der Waals surface area contributed by atoms with Gasteiger partial charge in [-0.15, -0.1) is 0 Å². The Balaban J connectivity index is 1.43. The molecule has 0 aliphatic heterocycles. The van der Waals surface area contributed by atoms with E-state index in [1.807, 2.05) is 18.2 Å². The average Bonchev–Trinajstić information content (AvgIpc) is 3.42. The van der Waals surface area contributed by atoms with E-state index in [9.17, 15) is 18.4 Å². The van der Waals surface area contributed by atoms with Gasteiger partial charge in [-0.1, -0.05) is 54.1 Å². The molecule has 0 saturated heterocycles. The number of nitrogens with zero attached hydrogens (tertiary/aromatic N) is 3. The van der Waals surface area contributed by atoms with Crippen molar-refractivity contribution >= 4 is 17.5 Å². The number of amides is 2. The van der Waals surface area contributed by atoms with Crippen molar-refractivity contribution in [2.45, 2.75) is 19.8 Å². The Morgan fingerprint density at radius 2 is 1.49 bits per heavy atom. The molecule has 7 nitrogen and oxygen atoms in total. The van der Waals surface area contributed by atoms with Crippen LogP contribution in [0.4, 0.5) is 14.5 Å². The normalized spacial score (nSPS) is 10.8. The van der Waals surface area contributed by atoms with Crippen LogP contribution in [0.25, 0.3) is 28.1 Å². The van der Waals surface area contributed by atoms with Crippen molar-refractivity contribution in [1.82, 2.24) is 20.1 Å². The Morgan fingerprint density at radius 1 is 0.854 bits per heavy atom. The molecule has 2 heterocycles. The fourth-order valence-corrected chi connectivity index (χ4v) is 4.38. The van der Waals surface area contributed by atoms with Crippen LogP contribution in [0.5, 0.6) is 0 Å². The highest BCUT2D eigenvalue weighted by molar-refractivity contribution is 6.04. The summed E-state index contributed by atoms with van der Waals surface area (Å²) in [6, 6.07) is 26.4. The molecule has 2 amide bonds. The molecule has 41 heavy (non-hydrogen) atoms. The summed E-state index contributed by atoms with van der Waals surface area (Å²) in [5.74, 6) is -3.51. The number of hydrogen-bond donors (Lipinski definition) is 2. The van der Waals surface area contributed by atoms with Crippen LogP contribution in [0, 0.1) is 18.7 Å². The fraction of sp³-hybridized carbons (Fsp3) is 0.125. The summed E-state index contributed by atoms with van der Waals surface area (Å²) in [7, 11) is 1.60. The zero-order valence-corrected chi connectivity index (χ0v) is 22.5. The van der Waals surface area contributed by atoms with Crippen molar-refractivity contribution in [3.63, 3.8) is 0 Å². The summed E-state index contributed by atoms with van der Waals surface area (Å²) in [6.07, 6.45) is 1.80. The summed E-state index contributed by atoms with van der Waals surface area (Å²) < 4.78 is 29.2. The first-order valence-corrected chi connectivity index (χ1v) is 13.0. The van der Waals surface area contributed by atoms with E-state index in [1.165, 1.54) is 5.56 Å². The summed E-state index contributed by atoms with van der Waals surface area (Å²) in [5, 5.41) is 9.97. The molecule has 0 aliphatic rings. The second-order valence-corrected chi connectivity index (χ2v) is 9.51. The third-order valence-electron chi connectivity index (χ3n) is 6.67. The first kappa shape index (κ1) is 27.4. The second-order valence-electron chi connectivity index (χ2n) is 9.51. The number of pyridine rings is 1. The first-order chi connectivity index (χ1) is 19.8. The Morgan fingerprint density at radius 3 is 2.15 bits per heavy atom. The van der Waals surface area contributed by atoms with Crippen molar-refractivity contribution in [3.8, 4) is 28.1 Å². The van der Waals surface area contributed by atoms with Gasteiger partial charge in [-0.2, -0.15) is 9.49 Å². The SMILES string of the molecule is CNC(=O)CCc1cc(-c2ccc(-c3ccc(C)cc3)cc2)n(-c2ccc(NC(=O)c3ccnc(F)c3F)cc2)n1. The quantitative estimate of drug-likeness (QED) is 0.228. The number of aromatic nitrogens is 3. The van der Waals surface area contributed by atoms with Crippen LogP contribution in [-0.4, -0.2) is 33.6 Å². The van der Waals surface area contributed by atoms with Crippen molar-refractivity contribution < 1.29 is 18.4 Å². The number of halogens is 2. The van der Waals surface area contributed by atoms with Gasteiger partial charge in [0.25, 0.3) is 5.91 Å². The van der Waals surface area contributed by atoms with Gasteiger partial charge in [0.15, 0.2) is 5.82 Å². The van der Waals surface area contributed by atoms with Crippen LogP contribution in [0.1, 0.15) is 28.0 Å². The lowest BCUT2D eigenvalue weighted by molar-refractivity contribution is -0.120. The van der Waals surface area contributed by atoms with Crippen LogP contribution in [0.2, 0.25) is 0 Å². The van der Waals surface area contributed by atoms with Gasteiger partial charge in [-0.3, -0.25) is 9.59 Å². The second kappa shape index (κ2) is 11.9. The predicted molar refractivity (Wildman–Crippen MR) is 154 cm³/mol. The molecule has 0 fully saturated rings. The first-order valence-electron chi connectivity index (χ1n) is 13.0. The molecule has 0 spiro atoms. The van der Waals surface area contributed by atoms with Gasteiger partial charge >= 0.3 is 0 Å². The maximum atomic E-state index is 14.0. The molecule has 0 atom stereocenters. The molecule has 0 radical (unpaired) electrons. The summed E-state index contributed by atoms with van der Waals surface area (Å²) >= 11 is 0. The monoisotopic (exact) mass is 551 g/mol. The lowest BCUT2D eigenvalue weighted by Gasteiger charge is -2.11. The van der Waals surface area contributed by atoms with Crippen LogP contribution in [-0.2, 0) is 11.2 Å². The minimum atomic E-state index is -1.33. The molecule has 206 valence electrons. The van der Waals surface area contributed by atoms with Crippen molar-refractivity contribution in [2.24, 2.45) is 0 Å². The van der Waals surface area contributed by atoms with Gasteiger partial charge in [0, 0.05) is 37.3 Å². The van der Waals surface area contributed by atoms with Gasteiger partial charge in [-0.05, 0) is 54.4 Å². The Labute approximate surface area is 235 Å². The molecule has 0 saturated carbocycles. The number of benzene rings is 3. The highest BCUT2D eigenvalue weighted by atomic mass is 19.2. The number of anilines is 1. The fourth-order valence-electron chi connectivity index (χ4n) is 4.38. The largest absolute Gasteiger partial charge is 0.359 e. The smallest absolute Gasteiger partial charge is 0.258 e. The third kappa shape index (κ3) is 6.19. The van der Waals surface area contributed by atoms with Crippen molar-refractivity contribution in [1.29, 1.82) is 0 Å². The van der Waals surface area contributed by atoms with Crippen LogP contribution in [0.15, 0.2) is 91.1 Å². The summed E-state index contributed by atoms with van der Waals surface area (Å²) in [5.41, 5.74) is 6.59. The molecule has 9 heteroatoms. The molecule has 3 aromatic carbocycles. The Bertz CT molecular complexity index is 1700. The van der Waals surface area contributed by atoms with Gasteiger partial charge in [0.2, 0.25) is 11.9 Å². The zero-order chi connectivity index (χ0) is 28.9. The van der Waals surface area contributed by atoms with E-state index in [2.05, 4.69) is 58.9 Å². The highest BCUT2D eigenvalue weighted by Crippen LogP contribution is 2.28. The van der Waals surface area contributed by atoms with Crippen LogP contribution in [0.3, 0.4) is 0 Å². The minimum absolute atomic E-state index is 0.0749. The number of rotatable bonds is 8. The molecule has 2 aromatic heterocycles. The number of carbonyl (C=O) groups excluding carboxylic acids is 2. The predicted octanol–water partition coefficient (Wildman–Crippen LogP) is 6.12. The molecular weight excluding hydrogens is 524 g/mol. The van der Waals surface area contributed by atoms with E-state index in [1.54, 1.807) is 36.0 Å². The average molecular weight is 552 g/mol. The van der Waals surface area contributed by atoms with Crippen LogP contribution < -0.4 is 10.6 Å². The molecule has 2 N–H and O–H groups in total. The molecule has 5 aromatic rings. The minimum Gasteiger partial charge on any atom is -0.359 e. The van der Waals surface area contributed by atoms with Gasteiger partial charge < -0.3 is 10.6 Å². The van der Waals surface area contributed by atoms with Gasteiger partial charge in [0.1, 0.15) is 0 Å². The topological polar surface area (TPSA) is 88.9 Å². The van der Waals surface area contributed by atoms with Crippen LogP contribution >= 0.6 is 0 Å². The number of hydrogen-bond acceptors (Lipinski definition) is 4. The van der Waals surface area contributed by atoms with E-state index >= 15 is 0 Å². The highest BCUT2D eigenvalue weighted by Gasteiger charge is 2.17. The number of nitrogens with one attached hydrogen (secondary N) is 2. The zero-order valence-electron chi connectivity index (χ0n) is 22.5. The third-order valence-corrected chi connectivity index (χ3v) is 6.67. The van der Waals surface area contributed by atoms with E-state index < -0.39 is 23.2 Å². The maximum Gasteiger partial charge on any atom is 0.258 e. The summed E-state index contributed by atoms with van der Waals surface area (Å²) in [6.45, 7) is 2.05. The van der Waals surface area contributed by atoms with Gasteiger partial charge in [0.05, 0.1) is 22.6 Å². The lowest BCUT2D eigenvalue weighted by atomic mass is 10.0. The lowest BCUT2D eigenvalue weighted by Crippen LogP contribution is -2.18. The van der Waals surface area contributed by atoms with Crippen molar-refractivity contribution in [2.75, 3.05) is 12.4 Å². The Hall–Kier alpha value is -5.18. The van der Waals surface area contributed by atoms with E-state index in [-0.39, 0.29) is 5.91 Å². The van der Waals surface area contributed by atoms with Gasteiger partial charge in [-0.25, -0.2) is 14.1 Å². The molecule has 0 bridgehead atoms. The maximum absolute atomic E-state index is 14.0. The number of aryl methyl sites for hydroxylation is 2. The van der Waals surface area contributed by atoms with E-state index in [0.29, 0.717) is 24.2 Å². The molecular formula is C32H27F2N5O2. The number of carbonyl (C=O) groups is 2. The molecule has 5 rings (SSSR count). The van der Waals surface area contributed by atoms with E-state index in [4.69, 9.17) is 5.10 Å². The standard InChI is InChI=1S/C32H27F2N5O2/c1-20-3-5-21(6-4-20)22-7-9-23(10-8-22)28-19-25(13-16-29(40)35-2)38-39(28)26-14-11-24(12-15-26)37-32(41)27-17-18-36-31(34)30(27)33/h3-12,14-15,17-19H,13,16H2,1-2H3,(H,35,40)(H,37,41). The summed E-state index contributed by atoms with van der Waals surface area (Å²) in [4.78, 5) is 27.5. The molecule has 0 aliphatic carbocycles.